The quantitative estimate of drug-likeness (QED) is 0.238. The lowest BCUT2D eigenvalue weighted by atomic mass is 10.0. The maximum absolute atomic E-state index is 14.0. The van der Waals surface area contributed by atoms with Crippen molar-refractivity contribution in [1.82, 2.24) is 14.1 Å². The van der Waals surface area contributed by atoms with Gasteiger partial charge in [-0.2, -0.15) is 4.31 Å². The Bertz CT molecular complexity index is 1530. The summed E-state index contributed by atoms with van der Waals surface area (Å²) in [6.45, 7) is 2.25. The SMILES string of the molecule is CCCN(CC(=O)N(Cc1cccc(F)c1)C1CCN(C(=O)c2cccc([N+](=O)[O-])c2)CC1)S(=O)(=O)c1ccccc1. The van der Waals surface area contributed by atoms with E-state index in [2.05, 4.69) is 0 Å². The number of benzene rings is 3. The number of piperidine rings is 1. The summed E-state index contributed by atoms with van der Waals surface area (Å²) in [6.07, 6.45) is 1.31. The lowest BCUT2D eigenvalue weighted by Gasteiger charge is -2.39. The Morgan fingerprint density at radius 3 is 2.33 bits per heavy atom. The summed E-state index contributed by atoms with van der Waals surface area (Å²) in [5.74, 6) is -1.21. The minimum absolute atomic E-state index is 0.0748. The van der Waals surface area contributed by atoms with Gasteiger partial charge in [0.15, 0.2) is 0 Å². The van der Waals surface area contributed by atoms with Gasteiger partial charge in [-0.1, -0.05) is 43.3 Å². The molecular weight excluding hydrogens is 563 g/mol. The Hall–Kier alpha value is -4.16. The second-order valence-corrected chi connectivity index (χ2v) is 12.1. The number of nitro benzene ring substituents is 1. The van der Waals surface area contributed by atoms with Crippen LogP contribution in [-0.2, 0) is 21.4 Å². The molecule has 222 valence electrons. The highest BCUT2D eigenvalue weighted by Crippen LogP contribution is 2.24. The van der Waals surface area contributed by atoms with Crippen LogP contribution in [0.5, 0.6) is 0 Å². The first-order valence-corrected chi connectivity index (χ1v) is 15.2. The van der Waals surface area contributed by atoms with Gasteiger partial charge in [-0.25, -0.2) is 12.8 Å². The second-order valence-electron chi connectivity index (χ2n) is 10.1. The van der Waals surface area contributed by atoms with Crippen molar-refractivity contribution in [2.45, 2.75) is 43.7 Å². The van der Waals surface area contributed by atoms with Crippen LogP contribution in [0.25, 0.3) is 0 Å². The molecule has 3 aromatic rings. The highest BCUT2D eigenvalue weighted by atomic mass is 32.2. The van der Waals surface area contributed by atoms with Gasteiger partial charge in [0.25, 0.3) is 11.6 Å². The average Bonchev–Trinajstić information content (AvgIpc) is 3.00. The van der Waals surface area contributed by atoms with Crippen molar-refractivity contribution in [2.75, 3.05) is 26.2 Å². The fraction of sp³-hybridized carbons (Fsp3) is 0.333. The number of rotatable bonds is 11. The van der Waals surface area contributed by atoms with E-state index in [4.69, 9.17) is 0 Å². The molecule has 10 nitrogen and oxygen atoms in total. The molecule has 1 fully saturated rings. The molecule has 1 aliphatic rings. The van der Waals surface area contributed by atoms with Crippen LogP contribution in [-0.4, -0.2) is 71.5 Å². The second kappa shape index (κ2) is 13.7. The maximum atomic E-state index is 14.0. The molecule has 0 bridgehead atoms. The van der Waals surface area contributed by atoms with E-state index in [1.54, 1.807) is 40.1 Å². The van der Waals surface area contributed by atoms with E-state index in [1.807, 2.05) is 6.92 Å². The Morgan fingerprint density at radius 1 is 1.00 bits per heavy atom. The summed E-state index contributed by atoms with van der Waals surface area (Å²) < 4.78 is 42.0. The molecule has 42 heavy (non-hydrogen) atoms. The first-order chi connectivity index (χ1) is 20.1. The minimum Gasteiger partial charge on any atom is -0.338 e. The Balaban J connectivity index is 1.53. The topological polar surface area (TPSA) is 121 Å². The van der Waals surface area contributed by atoms with Gasteiger partial charge in [0.05, 0.1) is 16.4 Å². The molecule has 1 heterocycles. The van der Waals surface area contributed by atoms with E-state index in [9.17, 15) is 32.5 Å². The summed E-state index contributed by atoms with van der Waals surface area (Å²) in [6, 6.07) is 19.0. The first-order valence-electron chi connectivity index (χ1n) is 13.7. The zero-order valence-electron chi connectivity index (χ0n) is 23.3. The number of hydrogen-bond donors (Lipinski definition) is 0. The molecule has 0 spiro atoms. The van der Waals surface area contributed by atoms with E-state index < -0.39 is 26.7 Å². The van der Waals surface area contributed by atoms with Crippen LogP contribution in [0.15, 0.2) is 83.8 Å². The Labute approximate surface area is 244 Å². The number of carbonyl (C=O) groups excluding carboxylic acids is 2. The molecule has 0 N–H and O–H groups in total. The third-order valence-electron chi connectivity index (χ3n) is 7.22. The zero-order valence-corrected chi connectivity index (χ0v) is 24.1. The van der Waals surface area contributed by atoms with Crippen LogP contribution in [0.4, 0.5) is 10.1 Å². The smallest absolute Gasteiger partial charge is 0.270 e. The summed E-state index contributed by atoms with van der Waals surface area (Å²) in [5, 5.41) is 11.1. The molecule has 0 unspecified atom stereocenters. The van der Waals surface area contributed by atoms with Gasteiger partial charge < -0.3 is 9.80 Å². The van der Waals surface area contributed by atoms with Crippen molar-refractivity contribution < 1.29 is 27.3 Å². The molecule has 1 aliphatic heterocycles. The lowest BCUT2D eigenvalue weighted by molar-refractivity contribution is -0.384. The molecule has 2 amide bonds. The third kappa shape index (κ3) is 7.37. The molecule has 0 radical (unpaired) electrons. The van der Waals surface area contributed by atoms with Crippen LogP contribution < -0.4 is 0 Å². The number of carbonyl (C=O) groups is 2. The first kappa shape index (κ1) is 30.8. The molecule has 3 aromatic carbocycles. The van der Waals surface area contributed by atoms with E-state index in [1.165, 1.54) is 52.8 Å². The maximum Gasteiger partial charge on any atom is 0.270 e. The molecule has 0 aliphatic carbocycles. The zero-order chi connectivity index (χ0) is 30.3. The van der Waals surface area contributed by atoms with Crippen molar-refractivity contribution in [3.8, 4) is 0 Å². The Kier molecular flexibility index (Phi) is 10.0. The number of amides is 2. The van der Waals surface area contributed by atoms with E-state index >= 15 is 0 Å². The van der Waals surface area contributed by atoms with Crippen LogP contribution in [0.2, 0.25) is 0 Å². The van der Waals surface area contributed by atoms with Gasteiger partial charge in [-0.05, 0) is 55.2 Å². The highest BCUT2D eigenvalue weighted by molar-refractivity contribution is 7.89. The summed E-state index contributed by atoms with van der Waals surface area (Å²) in [5.41, 5.74) is 0.591. The summed E-state index contributed by atoms with van der Waals surface area (Å²) >= 11 is 0. The van der Waals surface area contributed by atoms with Crippen LogP contribution in [0, 0.1) is 15.9 Å². The van der Waals surface area contributed by atoms with Gasteiger partial charge in [0.1, 0.15) is 5.82 Å². The molecule has 12 heteroatoms. The van der Waals surface area contributed by atoms with Crippen molar-refractivity contribution in [2.24, 2.45) is 0 Å². The normalized spacial score (nSPS) is 14.1. The summed E-state index contributed by atoms with van der Waals surface area (Å²) in [4.78, 5) is 40.7. The number of halogens is 1. The van der Waals surface area contributed by atoms with Gasteiger partial charge in [-0.3, -0.25) is 19.7 Å². The number of hydrogen-bond acceptors (Lipinski definition) is 6. The minimum atomic E-state index is -3.94. The molecular formula is C30H33FN4O6S. The number of nitro groups is 1. The standard InChI is InChI=1S/C30H33FN4O6S/c1-2-16-33(42(40,41)28-12-4-3-5-13-28)22-29(36)34(21-23-8-6-10-25(31)19-23)26-14-17-32(18-15-26)30(37)24-9-7-11-27(20-24)35(38)39/h3-13,19-20,26H,2,14-18,21-22H2,1H3. The van der Waals surface area contributed by atoms with Gasteiger partial charge in [-0.15, -0.1) is 0 Å². The van der Waals surface area contributed by atoms with Crippen LogP contribution >= 0.6 is 0 Å². The van der Waals surface area contributed by atoms with E-state index in [0.29, 0.717) is 37.9 Å². The van der Waals surface area contributed by atoms with Gasteiger partial charge in [0.2, 0.25) is 15.9 Å². The van der Waals surface area contributed by atoms with Crippen molar-refractivity contribution in [3.63, 3.8) is 0 Å². The predicted octanol–water partition coefficient (Wildman–Crippen LogP) is 4.47. The van der Waals surface area contributed by atoms with Crippen molar-refractivity contribution in [1.29, 1.82) is 0 Å². The fourth-order valence-electron chi connectivity index (χ4n) is 5.09. The van der Waals surface area contributed by atoms with Gasteiger partial charge >= 0.3 is 0 Å². The molecule has 1 saturated heterocycles. The number of nitrogens with zero attached hydrogens (tertiary/aromatic N) is 4. The monoisotopic (exact) mass is 596 g/mol. The Morgan fingerprint density at radius 2 is 1.69 bits per heavy atom. The fourth-order valence-corrected chi connectivity index (χ4v) is 6.59. The lowest BCUT2D eigenvalue weighted by Crippen LogP contribution is -2.51. The molecule has 0 aromatic heterocycles. The van der Waals surface area contributed by atoms with Crippen LogP contribution in [0.3, 0.4) is 0 Å². The van der Waals surface area contributed by atoms with Crippen LogP contribution in [0.1, 0.15) is 42.1 Å². The van der Waals surface area contributed by atoms with E-state index in [-0.39, 0.29) is 47.7 Å². The van der Waals surface area contributed by atoms with Crippen molar-refractivity contribution in [3.05, 3.63) is 106 Å². The largest absolute Gasteiger partial charge is 0.338 e. The van der Waals surface area contributed by atoms with Crippen molar-refractivity contribution >= 4 is 27.5 Å². The molecule has 4 rings (SSSR count). The molecule has 0 saturated carbocycles. The number of likely N-dealkylation sites (tertiary alicyclic amines) is 1. The van der Waals surface area contributed by atoms with E-state index in [0.717, 1.165) is 0 Å². The van der Waals surface area contributed by atoms with Gasteiger partial charge in [0, 0.05) is 49.9 Å². The molecule has 0 atom stereocenters. The number of sulfonamides is 1. The highest BCUT2D eigenvalue weighted by Gasteiger charge is 2.33. The predicted molar refractivity (Wildman–Crippen MR) is 154 cm³/mol. The number of non-ortho nitro benzene ring substituents is 1. The third-order valence-corrected chi connectivity index (χ3v) is 9.08. The summed E-state index contributed by atoms with van der Waals surface area (Å²) in [7, 11) is -3.94. The average molecular weight is 597 g/mol.